The minimum absolute atomic E-state index is 0.215. The van der Waals surface area contributed by atoms with Gasteiger partial charge in [-0.25, -0.2) is 0 Å². The number of para-hydroxylation sites is 1. The molecule has 0 saturated carbocycles. The lowest BCUT2D eigenvalue weighted by molar-refractivity contribution is -0.130. The number of nitrogens with zero attached hydrogens (tertiary/aromatic N) is 1. The van der Waals surface area contributed by atoms with Gasteiger partial charge in [0.15, 0.2) is 0 Å². The van der Waals surface area contributed by atoms with Gasteiger partial charge in [-0.05, 0) is 56.6 Å². The second-order valence-corrected chi connectivity index (χ2v) is 6.83. The van der Waals surface area contributed by atoms with Crippen LogP contribution in [0.15, 0.2) is 18.2 Å². The van der Waals surface area contributed by atoms with Crippen LogP contribution in [-0.4, -0.2) is 44.2 Å². The summed E-state index contributed by atoms with van der Waals surface area (Å²) < 4.78 is 11.2. The van der Waals surface area contributed by atoms with Crippen LogP contribution in [0.4, 0.5) is 0 Å². The fourth-order valence-electron chi connectivity index (χ4n) is 3.15. The Morgan fingerprint density at radius 2 is 1.92 bits per heavy atom. The first kappa shape index (κ1) is 18.8. The molecule has 134 valence electrons. The standard InChI is InChI=1S/C20H31NO3/c1-16-6-4-7-17(2)20(16)24-13-5-8-19(22)21(3)12-9-18-10-14-23-15-11-18/h4,6-7,18H,5,8-15H2,1-3H3. The number of benzene rings is 1. The molecule has 1 aromatic rings. The van der Waals surface area contributed by atoms with Gasteiger partial charge in [-0.1, -0.05) is 18.2 Å². The highest BCUT2D eigenvalue weighted by atomic mass is 16.5. The SMILES string of the molecule is Cc1cccc(C)c1OCCCC(=O)N(C)CCC1CCOCC1. The van der Waals surface area contributed by atoms with E-state index in [-0.39, 0.29) is 5.91 Å². The van der Waals surface area contributed by atoms with Crippen LogP contribution in [0.2, 0.25) is 0 Å². The molecule has 0 aliphatic carbocycles. The second-order valence-electron chi connectivity index (χ2n) is 6.83. The van der Waals surface area contributed by atoms with Gasteiger partial charge >= 0.3 is 0 Å². The number of carbonyl (C=O) groups excluding carboxylic acids is 1. The molecule has 0 bridgehead atoms. The Hall–Kier alpha value is -1.55. The monoisotopic (exact) mass is 333 g/mol. The Bertz CT molecular complexity index is 503. The minimum Gasteiger partial charge on any atom is -0.493 e. The maximum atomic E-state index is 12.2. The fraction of sp³-hybridized carbons (Fsp3) is 0.650. The van der Waals surface area contributed by atoms with E-state index in [0.717, 1.165) is 62.3 Å². The third-order valence-corrected chi connectivity index (χ3v) is 4.83. The molecule has 1 fully saturated rings. The molecule has 4 nitrogen and oxygen atoms in total. The zero-order chi connectivity index (χ0) is 17.4. The van der Waals surface area contributed by atoms with E-state index in [2.05, 4.69) is 26.0 Å². The van der Waals surface area contributed by atoms with Gasteiger partial charge in [0.1, 0.15) is 5.75 Å². The van der Waals surface area contributed by atoms with Crippen molar-refractivity contribution in [2.75, 3.05) is 33.4 Å². The smallest absolute Gasteiger partial charge is 0.222 e. The van der Waals surface area contributed by atoms with Gasteiger partial charge in [-0.2, -0.15) is 0 Å². The lowest BCUT2D eigenvalue weighted by Gasteiger charge is -2.25. The minimum atomic E-state index is 0.215. The molecule has 1 aromatic carbocycles. The van der Waals surface area contributed by atoms with E-state index in [1.54, 1.807) is 0 Å². The van der Waals surface area contributed by atoms with E-state index >= 15 is 0 Å². The van der Waals surface area contributed by atoms with Gasteiger partial charge in [-0.15, -0.1) is 0 Å². The summed E-state index contributed by atoms with van der Waals surface area (Å²) in [5.41, 5.74) is 2.30. The summed E-state index contributed by atoms with van der Waals surface area (Å²) in [6, 6.07) is 6.14. The van der Waals surface area contributed by atoms with Crippen LogP contribution in [0.25, 0.3) is 0 Å². The number of carbonyl (C=O) groups is 1. The average molecular weight is 333 g/mol. The number of hydrogen-bond donors (Lipinski definition) is 0. The van der Waals surface area contributed by atoms with Crippen LogP contribution in [0.1, 0.15) is 43.2 Å². The third kappa shape index (κ3) is 5.82. The first-order valence-electron chi connectivity index (χ1n) is 9.08. The van der Waals surface area contributed by atoms with Crippen molar-refractivity contribution in [1.82, 2.24) is 4.90 Å². The first-order valence-corrected chi connectivity index (χ1v) is 9.08. The predicted octanol–water partition coefficient (Wildman–Crippen LogP) is 3.74. The summed E-state index contributed by atoms with van der Waals surface area (Å²) in [7, 11) is 1.91. The van der Waals surface area contributed by atoms with Crippen molar-refractivity contribution in [2.24, 2.45) is 5.92 Å². The van der Waals surface area contributed by atoms with E-state index in [1.807, 2.05) is 18.0 Å². The number of rotatable bonds is 8. The second kappa shape index (κ2) is 9.67. The average Bonchev–Trinajstić information content (AvgIpc) is 2.59. The fourth-order valence-corrected chi connectivity index (χ4v) is 3.15. The van der Waals surface area contributed by atoms with Gasteiger partial charge < -0.3 is 14.4 Å². The number of aryl methyl sites for hydroxylation is 2. The summed E-state index contributed by atoms with van der Waals surface area (Å²) >= 11 is 0. The molecule has 24 heavy (non-hydrogen) atoms. The zero-order valence-corrected chi connectivity index (χ0v) is 15.3. The largest absolute Gasteiger partial charge is 0.493 e. The third-order valence-electron chi connectivity index (χ3n) is 4.83. The lowest BCUT2D eigenvalue weighted by atomic mass is 9.96. The van der Waals surface area contributed by atoms with Crippen molar-refractivity contribution in [3.8, 4) is 5.75 Å². The van der Waals surface area contributed by atoms with Crippen LogP contribution in [0, 0.1) is 19.8 Å². The Balaban J connectivity index is 1.63. The van der Waals surface area contributed by atoms with E-state index in [0.29, 0.717) is 18.9 Å². The maximum Gasteiger partial charge on any atom is 0.222 e. The van der Waals surface area contributed by atoms with Crippen molar-refractivity contribution in [2.45, 2.75) is 46.0 Å². The zero-order valence-electron chi connectivity index (χ0n) is 15.3. The molecular weight excluding hydrogens is 302 g/mol. The van der Waals surface area contributed by atoms with Crippen LogP contribution >= 0.6 is 0 Å². The molecule has 4 heteroatoms. The summed E-state index contributed by atoms with van der Waals surface area (Å²) in [5, 5.41) is 0. The lowest BCUT2D eigenvalue weighted by Crippen LogP contribution is -2.30. The first-order chi connectivity index (χ1) is 11.6. The number of amides is 1. The predicted molar refractivity (Wildman–Crippen MR) is 96.4 cm³/mol. The highest BCUT2D eigenvalue weighted by Gasteiger charge is 2.16. The van der Waals surface area contributed by atoms with Gasteiger partial charge in [-0.3, -0.25) is 4.79 Å². The normalized spacial score (nSPS) is 15.3. The van der Waals surface area contributed by atoms with Crippen LogP contribution in [0.5, 0.6) is 5.75 Å². The maximum absolute atomic E-state index is 12.2. The van der Waals surface area contributed by atoms with Gasteiger partial charge in [0, 0.05) is 33.2 Å². The summed E-state index contributed by atoms with van der Waals surface area (Å²) in [4.78, 5) is 14.1. The molecule has 0 atom stereocenters. The molecular formula is C20H31NO3. The Morgan fingerprint density at radius 1 is 1.25 bits per heavy atom. The molecule has 1 amide bonds. The summed E-state index contributed by atoms with van der Waals surface area (Å²) in [5.74, 6) is 1.88. The van der Waals surface area contributed by atoms with Crippen molar-refractivity contribution >= 4 is 5.91 Å². The van der Waals surface area contributed by atoms with Crippen LogP contribution in [0.3, 0.4) is 0 Å². The van der Waals surface area contributed by atoms with E-state index in [1.165, 1.54) is 0 Å². The highest BCUT2D eigenvalue weighted by molar-refractivity contribution is 5.75. The van der Waals surface area contributed by atoms with Gasteiger partial charge in [0.25, 0.3) is 0 Å². The molecule has 0 aromatic heterocycles. The highest BCUT2D eigenvalue weighted by Crippen LogP contribution is 2.22. The Morgan fingerprint density at radius 3 is 2.58 bits per heavy atom. The van der Waals surface area contributed by atoms with Gasteiger partial charge in [0.2, 0.25) is 5.91 Å². The number of hydrogen-bond acceptors (Lipinski definition) is 3. The topological polar surface area (TPSA) is 38.8 Å². The summed E-state index contributed by atoms with van der Waals surface area (Å²) in [6.45, 7) is 7.29. The molecule has 1 aliphatic rings. The van der Waals surface area contributed by atoms with Crippen molar-refractivity contribution in [1.29, 1.82) is 0 Å². The van der Waals surface area contributed by atoms with E-state index in [9.17, 15) is 4.79 Å². The summed E-state index contributed by atoms with van der Waals surface area (Å²) in [6.07, 6.45) is 4.66. The van der Waals surface area contributed by atoms with E-state index in [4.69, 9.17) is 9.47 Å². The van der Waals surface area contributed by atoms with Crippen LogP contribution in [-0.2, 0) is 9.53 Å². The Kier molecular flexibility index (Phi) is 7.57. The molecule has 1 saturated heterocycles. The molecule has 0 spiro atoms. The van der Waals surface area contributed by atoms with Crippen molar-refractivity contribution < 1.29 is 14.3 Å². The molecule has 1 aliphatic heterocycles. The molecule has 1 heterocycles. The van der Waals surface area contributed by atoms with Crippen molar-refractivity contribution in [3.05, 3.63) is 29.3 Å². The quantitative estimate of drug-likeness (QED) is 0.680. The van der Waals surface area contributed by atoms with E-state index < -0.39 is 0 Å². The number of ether oxygens (including phenoxy) is 2. The van der Waals surface area contributed by atoms with Crippen molar-refractivity contribution in [3.63, 3.8) is 0 Å². The molecule has 2 rings (SSSR count). The van der Waals surface area contributed by atoms with Crippen LogP contribution < -0.4 is 4.74 Å². The molecule has 0 unspecified atom stereocenters. The Labute approximate surface area is 146 Å². The molecule has 0 radical (unpaired) electrons. The van der Waals surface area contributed by atoms with Gasteiger partial charge in [0.05, 0.1) is 6.61 Å². The molecule has 0 N–H and O–H groups in total.